The van der Waals surface area contributed by atoms with Crippen molar-refractivity contribution in [2.45, 2.75) is 70.6 Å². The number of rotatable bonds is 8. The highest BCUT2D eigenvalue weighted by Gasteiger charge is 2.37. The molecule has 2 heterocycles. The smallest absolute Gasteiger partial charge is 0.264 e. The summed E-state index contributed by atoms with van der Waals surface area (Å²) in [7, 11) is -3.36. The fourth-order valence-corrected chi connectivity index (χ4v) is 6.69. The van der Waals surface area contributed by atoms with Crippen LogP contribution in [0.2, 0.25) is 0 Å². The second-order valence-corrected chi connectivity index (χ2v) is 10.6. The normalized spacial score (nSPS) is 21.3. The average molecular weight is 449 g/mol. The number of sulfonamides is 1. The first-order valence-corrected chi connectivity index (χ1v) is 12.9. The molecule has 4 rings (SSSR count). The minimum Gasteiger partial charge on any atom is -0.484 e. The molecule has 31 heavy (non-hydrogen) atoms. The maximum absolute atomic E-state index is 13.2. The quantitative estimate of drug-likeness (QED) is 0.657. The molecule has 1 aromatic heterocycles. The van der Waals surface area contributed by atoms with Crippen LogP contribution in [0.25, 0.3) is 0 Å². The summed E-state index contributed by atoms with van der Waals surface area (Å²) in [6.45, 7) is 1.14. The van der Waals surface area contributed by atoms with Crippen molar-refractivity contribution in [3.05, 3.63) is 41.5 Å². The molecule has 2 aromatic rings. The number of hydrogen-bond donors (Lipinski definition) is 1. The highest BCUT2D eigenvalue weighted by Crippen LogP contribution is 2.34. The standard InChI is InChI=1S/C22H32N4O4S/c23-14-17-9-11-19(12-10-17)29-15-21-24-22(25-30-21)20-8-4-5-13-26(20)31(27,28)16-18-6-2-1-3-7-18/h9-12,18,20H,1-8,13-16,23H2. The number of hydrogen-bond acceptors (Lipinski definition) is 7. The lowest BCUT2D eigenvalue weighted by atomic mass is 9.91. The molecular weight excluding hydrogens is 416 g/mol. The average Bonchev–Trinajstić information content (AvgIpc) is 3.27. The van der Waals surface area contributed by atoms with Crippen LogP contribution in [0.1, 0.15) is 74.7 Å². The van der Waals surface area contributed by atoms with Crippen molar-refractivity contribution in [3.8, 4) is 5.75 Å². The fourth-order valence-electron chi connectivity index (χ4n) is 4.57. The van der Waals surface area contributed by atoms with Gasteiger partial charge in [-0.3, -0.25) is 0 Å². The van der Waals surface area contributed by atoms with Gasteiger partial charge in [-0.1, -0.05) is 43.0 Å². The van der Waals surface area contributed by atoms with E-state index in [1.165, 1.54) is 6.42 Å². The van der Waals surface area contributed by atoms with Crippen molar-refractivity contribution in [1.82, 2.24) is 14.4 Å². The van der Waals surface area contributed by atoms with Crippen LogP contribution in [0.3, 0.4) is 0 Å². The van der Waals surface area contributed by atoms with Gasteiger partial charge in [0.05, 0.1) is 11.8 Å². The summed E-state index contributed by atoms with van der Waals surface area (Å²) in [5, 5.41) is 4.10. The first-order valence-electron chi connectivity index (χ1n) is 11.3. The van der Waals surface area contributed by atoms with E-state index < -0.39 is 10.0 Å². The van der Waals surface area contributed by atoms with Crippen molar-refractivity contribution in [1.29, 1.82) is 0 Å². The monoisotopic (exact) mass is 448 g/mol. The molecule has 170 valence electrons. The van der Waals surface area contributed by atoms with Crippen molar-refractivity contribution < 1.29 is 17.7 Å². The second-order valence-electron chi connectivity index (χ2n) is 8.59. The molecular formula is C22H32N4O4S. The zero-order chi connectivity index (χ0) is 21.7. The number of benzene rings is 1. The molecule has 9 heteroatoms. The Hall–Kier alpha value is -1.97. The predicted octanol–water partition coefficient (Wildman–Crippen LogP) is 3.54. The largest absolute Gasteiger partial charge is 0.484 e. The van der Waals surface area contributed by atoms with Crippen LogP contribution < -0.4 is 10.5 Å². The number of piperidine rings is 1. The Morgan fingerprint density at radius 1 is 1.06 bits per heavy atom. The fraction of sp³-hybridized carbons (Fsp3) is 0.636. The molecule has 1 aliphatic heterocycles. The molecule has 1 aliphatic carbocycles. The Balaban J connectivity index is 1.41. The van der Waals surface area contributed by atoms with E-state index in [9.17, 15) is 8.42 Å². The van der Waals surface area contributed by atoms with E-state index >= 15 is 0 Å². The van der Waals surface area contributed by atoms with Gasteiger partial charge >= 0.3 is 0 Å². The van der Waals surface area contributed by atoms with Crippen LogP contribution in [0, 0.1) is 5.92 Å². The third-order valence-electron chi connectivity index (χ3n) is 6.29. The van der Waals surface area contributed by atoms with E-state index in [0.29, 0.717) is 37.0 Å². The second kappa shape index (κ2) is 10.1. The summed E-state index contributed by atoms with van der Waals surface area (Å²) >= 11 is 0. The number of aromatic nitrogens is 2. The molecule has 1 saturated heterocycles. The van der Waals surface area contributed by atoms with Gasteiger partial charge in [0.2, 0.25) is 10.0 Å². The van der Waals surface area contributed by atoms with Crippen LogP contribution in [0.5, 0.6) is 5.75 Å². The number of nitrogens with two attached hydrogens (primary N) is 1. The highest BCUT2D eigenvalue weighted by atomic mass is 32.2. The van der Waals surface area contributed by atoms with Crippen molar-refractivity contribution in [3.63, 3.8) is 0 Å². The molecule has 1 atom stereocenters. The zero-order valence-electron chi connectivity index (χ0n) is 17.9. The molecule has 2 aliphatic rings. The van der Waals surface area contributed by atoms with Gasteiger partial charge in [-0.05, 0) is 49.3 Å². The summed E-state index contributed by atoms with van der Waals surface area (Å²) in [6.07, 6.45) is 8.03. The molecule has 0 bridgehead atoms. The van der Waals surface area contributed by atoms with Crippen LogP contribution in [0.4, 0.5) is 0 Å². The molecule has 2 N–H and O–H groups in total. The molecule has 0 radical (unpaired) electrons. The topological polar surface area (TPSA) is 112 Å². The van der Waals surface area contributed by atoms with Gasteiger partial charge in [-0.2, -0.15) is 9.29 Å². The van der Waals surface area contributed by atoms with Crippen molar-refractivity contribution in [2.24, 2.45) is 11.7 Å². The predicted molar refractivity (Wildman–Crippen MR) is 117 cm³/mol. The molecule has 1 aromatic carbocycles. The minimum absolute atomic E-state index is 0.135. The van der Waals surface area contributed by atoms with Crippen molar-refractivity contribution in [2.75, 3.05) is 12.3 Å². The molecule has 8 nitrogen and oxygen atoms in total. The maximum atomic E-state index is 13.2. The summed E-state index contributed by atoms with van der Waals surface area (Å²) in [6, 6.07) is 7.15. The van der Waals surface area contributed by atoms with Gasteiger partial charge in [0.25, 0.3) is 5.89 Å². The van der Waals surface area contributed by atoms with Gasteiger partial charge < -0.3 is 15.0 Å². The van der Waals surface area contributed by atoms with Crippen LogP contribution >= 0.6 is 0 Å². The SMILES string of the molecule is NCc1ccc(OCc2nc(C3CCCCN3S(=O)(=O)CC3CCCCC3)no2)cc1. The summed E-state index contributed by atoms with van der Waals surface area (Å²) < 4.78 is 39.1. The van der Waals surface area contributed by atoms with Crippen LogP contribution in [-0.2, 0) is 23.2 Å². The first-order chi connectivity index (χ1) is 15.0. The van der Waals surface area contributed by atoms with E-state index in [0.717, 1.165) is 44.1 Å². The Bertz CT molecular complexity index is 939. The Kier molecular flexibility index (Phi) is 7.24. The first kappa shape index (κ1) is 22.2. The zero-order valence-corrected chi connectivity index (χ0v) is 18.7. The van der Waals surface area contributed by atoms with Crippen LogP contribution in [0.15, 0.2) is 28.8 Å². The third-order valence-corrected chi connectivity index (χ3v) is 8.33. The maximum Gasteiger partial charge on any atom is 0.264 e. The van der Waals surface area contributed by atoms with Crippen molar-refractivity contribution >= 4 is 10.0 Å². The van der Waals surface area contributed by atoms with Gasteiger partial charge in [0.15, 0.2) is 12.4 Å². The van der Waals surface area contributed by atoms with Gasteiger partial charge in [0.1, 0.15) is 5.75 Å². The van der Waals surface area contributed by atoms with E-state index in [2.05, 4.69) is 10.1 Å². The lowest BCUT2D eigenvalue weighted by Crippen LogP contribution is -2.41. The number of ether oxygens (including phenoxy) is 1. The van der Waals surface area contributed by atoms with Crippen LogP contribution in [-0.4, -0.2) is 35.2 Å². The summed E-state index contributed by atoms with van der Waals surface area (Å²) in [4.78, 5) is 4.46. The van der Waals surface area contributed by atoms with Gasteiger partial charge in [-0.25, -0.2) is 8.42 Å². The van der Waals surface area contributed by atoms with Gasteiger partial charge in [0, 0.05) is 13.1 Å². The summed E-state index contributed by atoms with van der Waals surface area (Å²) in [5.41, 5.74) is 6.64. The molecule has 1 saturated carbocycles. The summed E-state index contributed by atoms with van der Waals surface area (Å²) in [5.74, 6) is 1.96. The van der Waals surface area contributed by atoms with E-state index in [1.54, 1.807) is 4.31 Å². The molecule has 0 amide bonds. The lowest BCUT2D eigenvalue weighted by Gasteiger charge is -2.34. The Labute approximate surface area is 184 Å². The lowest BCUT2D eigenvalue weighted by molar-refractivity contribution is 0.230. The van der Waals surface area contributed by atoms with E-state index in [-0.39, 0.29) is 24.3 Å². The minimum atomic E-state index is -3.36. The van der Waals surface area contributed by atoms with E-state index in [4.69, 9.17) is 15.0 Å². The van der Waals surface area contributed by atoms with E-state index in [1.807, 2.05) is 24.3 Å². The highest BCUT2D eigenvalue weighted by molar-refractivity contribution is 7.89. The molecule has 1 unspecified atom stereocenters. The molecule has 2 fully saturated rings. The Morgan fingerprint density at radius 2 is 1.81 bits per heavy atom. The Morgan fingerprint density at radius 3 is 2.55 bits per heavy atom. The number of nitrogens with zero attached hydrogens (tertiary/aromatic N) is 3. The third kappa shape index (κ3) is 5.64. The van der Waals surface area contributed by atoms with Gasteiger partial charge in [-0.15, -0.1) is 0 Å². The molecule has 0 spiro atoms.